The van der Waals surface area contributed by atoms with Crippen LogP contribution in [0.25, 0.3) is 0 Å². The maximum absolute atomic E-state index is 12.5. The van der Waals surface area contributed by atoms with E-state index in [0.717, 1.165) is 0 Å². The van der Waals surface area contributed by atoms with Crippen LogP contribution >= 0.6 is 0 Å². The van der Waals surface area contributed by atoms with Gasteiger partial charge in [0.05, 0.1) is 11.8 Å². The Morgan fingerprint density at radius 1 is 0.265 bits per heavy atom. The molecule has 2 aliphatic heterocycles. The highest BCUT2D eigenvalue weighted by Crippen LogP contribution is 2.69. The van der Waals surface area contributed by atoms with Gasteiger partial charge in [-0.05, 0) is 117 Å². The fraction of sp³-hybridized carbons (Fsp3) is 0.143. The van der Waals surface area contributed by atoms with Gasteiger partial charge in [0.2, 0.25) is 0 Å². The maximum Gasteiger partial charge on any atom is 0.135 e. The molecule has 12 rings (SSSR count). The molecule has 0 radical (unpaired) electrons. The van der Waals surface area contributed by atoms with Crippen molar-refractivity contribution in [1.82, 2.24) is 0 Å². The largest absolute Gasteiger partial charge is 0.508 e. The first kappa shape index (κ1) is 40.8. The van der Waals surface area contributed by atoms with Gasteiger partial charge in [-0.25, -0.2) is 0 Å². The van der Waals surface area contributed by atoms with Crippen LogP contribution in [-0.2, 0) is 0 Å². The van der Waals surface area contributed by atoms with Crippen molar-refractivity contribution in [3.8, 4) is 69.0 Å². The van der Waals surface area contributed by atoms with Crippen molar-refractivity contribution < 1.29 is 60.5 Å². The SMILES string of the molecule is Oc1ccc([C@@H]2c3c(O)cc(O)cc3[C@H]3c4c(cc(O)cc4[C@@H]2[C@H]2c4cc(O)cc5c4[C@H](c4cc(O)cc(O)c4[C@H]2c2ccc(O)cc2)[C@@H](c2ccc(O)cc2)O5)O[C@@H]3c2ccc(O)cc2)cc1. The van der Waals surface area contributed by atoms with E-state index in [2.05, 4.69) is 0 Å². The van der Waals surface area contributed by atoms with Crippen LogP contribution in [-0.4, -0.2) is 51.1 Å². The Labute approximate surface area is 388 Å². The third kappa shape index (κ3) is 6.20. The molecule has 2 heterocycles. The lowest BCUT2D eigenvalue weighted by Crippen LogP contribution is -2.26. The molecule has 68 heavy (non-hydrogen) atoms. The Morgan fingerprint density at radius 2 is 0.559 bits per heavy atom. The molecule has 0 unspecified atom stereocenters. The summed E-state index contributed by atoms with van der Waals surface area (Å²) < 4.78 is 13.7. The van der Waals surface area contributed by atoms with Crippen LogP contribution in [0.5, 0.6) is 69.0 Å². The van der Waals surface area contributed by atoms with Gasteiger partial charge in [0, 0.05) is 70.2 Å². The van der Waals surface area contributed by atoms with Gasteiger partial charge in [0.15, 0.2) is 0 Å². The number of phenolic OH excluding ortho intramolecular Hbond substituents is 10. The summed E-state index contributed by atoms with van der Waals surface area (Å²) in [6.45, 7) is 0. The molecule has 8 atom stereocenters. The first-order valence-corrected chi connectivity index (χ1v) is 22.2. The summed E-state index contributed by atoms with van der Waals surface area (Å²) in [5, 5.41) is 114. The molecule has 2 aliphatic carbocycles. The Hall–Kier alpha value is -8.64. The lowest BCUT2D eigenvalue weighted by molar-refractivity contribution is 0.221. The summed E-state index contributed by atoms with van der Waals surface area (Å²) >= 11 is 0. The normalized spacial score (nSPS) is 22.6. The lowest BCUT2D eigenvalue weighted by Gasteiger charge is -2.40. The molecule has 8 aromatic carbocycles. The summed E-state index contributed by atoms with van der Waals surface area (Å²) in [7, 11) is 0. The Kier molecular flexibility index (Phi) is 8.97. The van der Waals surface area contributed by atoms with E-state index in [1.54, 1.807) is 121 Å². The Balaban J connectivity index is 1.25. The minimum Gasteiger partial charge on any atom is -0.508 e. The third-order valence-corrected chi connectivity index (χ3v) is 14.5. The number of rotatable bonds is 5. The smallest absolute Gasteiger partial charge is 0.135 e. The van der Waals surface area contributed by atoms with E-state index in [0.29, 0.717) is 78.3 Å². The zero-order valence-electron chi connectivity index (χ0n) is 35.8. The molecule has 0 amide bonds. The molecule has 12 nitrogen and oxygen atoms in total. The van der Waals surface area contributed by atoms with Gasteiger partial charge in [-0.2, -0.15) is 0 Å². The summed E-state index contributed by atoms with van der Waals surface area (Å²) in [5.41, 5.74) is 6.75. The molecule has 0 spiro atoms. The molecular formula is C56H42O12. The predicted molar refractivity (Wildman–Crippen MR) is 248 cm³/mol. The average molecular weight is 907 g/mol. The number of ether oxygens (including phenoxy) is 2. The molecule has 10 N–H and O–H groups in total. The highest BCUT2D eigenvalue weighted by atomic mass is 16.5. The van der Waals surface area contributed by atoms with Gasteiger partial charge < -0.3 is 60.5 Å². The van der Waals surface area contributed by atoms with Crippen molar-refractivity contribution in [3.63, 3.8) is 0 Å². The molecule has 4 aliphatic rings. The minimum atomic E-state index is -0.918. The highest BCUT2D eigenvalue weighted by Gasteiger charge is 2.55. The quantitative estimate of drug-likeness (QED) is 0.0780. The van der Waals surface area contributed by atoms with Crippen LogP contribution in [0.3, 0.4) is 0 Å². The molecule has 8 aromatic rings. The van der Waals surface area contributed by atoms with E-state index < -0.39 is 47.7 Å². The van der Waals surface area contributed by atoms with Crippen molar-refractivity contribution in [3.05, 3.63) is 212 Å². The van der Waals surface area contributed by atoms with Gasteiger partial charge in [0.1, 0.15) is 81.2 Å². The van der Waals surface area contributed by atoms with Crippen molar-refractivity contribution in [1.29, 1.82) is 0 Å². The second kappa shape index (κ2) is 14.9. The molecule has 0 fully saturated rings. The third-order valence-electron chi connectivity index (χ3n) is 14.5. The van der Waals surface area contributed by atoms with Crippen molar-refractivity contribution in [2.45, 2.75) is 47.7 Å². The number of aromatic hydroxyl groups is 10. The van der Waals surface area contributed by atoms with Gasteiger partial charge in [-0.15, -0.1) is 0 Å². The Bertz CT molecular complexity index is 3110. The maximum atomic E-state index is 12.5. The molecule has 338 valence electrons. The van der Waals surface area contributed by atoms with Crippen molar-refractivity contribution >= 4 is 0 Å². The first-order valence-electron chi connectivity index (χ1n) is 22.2. The molecule has 12 heteroatoms. The van der Waals surface area contributed by atoms with Gasteiger partial charge >= 0.3 is 0 Å². The zero-order chi connectivity index (χ0) is 46.9. The number of hydrogen-bond acceptors (Lipinski definition) is 12. The second-order valence-corrected chi connectivity index (χ2v) is 18.2. The fourth-order valence-corrected chi connectivity index (χ4v) is 12.0. The van der Waals surface area contributed by atoms with E-state index in [1.165, 1.54) is 24.3 Å². The van der Waals surface area contributed by atoms with E-state index in [-0.39, 0.29) is 57.5 Å². The molecule has 0 aromatic heterocycles. The van der Waals surface area contributed by atoms with Crippen molar-refractivity contribution in [2.75, 3.05) is 0 Å². The number of phenols is 10. The lowest BCUT2D eigenvalue weighted by atomic mass is 9.62. The molecule has 0 bridgehead atoms. The van der Waals surface area contributed by atoms with Gasteiger partial charge in [-0.1, -0.05) is 48.5 Å². The predicted octanol–water partition coefficient (Wildman–Crippen LogP) is 10.4. The van der Waals surface area contributed by atoms with Crippen molar-refractivity contribution in [2.24, 2.45) is 0 Å². The van der Waals surface area contributed by atoms with Crippen LogP contribution < -0.4 is 9.47 Å². The second-order valence-electron chi connectivity index (χ2n) is 18.2. The molecule has 0 saturated heterocycles. The topological polar surface area (TPSA) is 221 Å². The van der Waals surface area contributed by atoms with Crippen LogP contribution in [0.2, 0.25) is 0 Å². The van der Waals surface area contributed by atoms with E-state index in [1.807, 2.05) is 0 Å². The van der Waals surface area contributed by atoms with Gasteiger partial charge in [0.25, 0.3) is 0 Å². The van der Waals surface area contributed by atoms with E-state index >= 15 is 0 Å². The monoisotopic (exact) mass is 906 g/mol. The summed E-state index contributed by atoms with van der Waals surface area (Å²) in [5.74, 6) is -5.69. The number of benzene rings is 8. The van der Waals surface area contributed by atoms with Gasteiger partial charge in [-0.3, -0.25) is 0 Å². The molecule has 0 saturated carbocycles. The zero-order valence-corrected chi connectivity index (χ0v) is 35.8. The standard InChI is InChI=1S/C56H42O12/c57-29-9-1-25(2-10-29)45-47-37(17-33(61)21-41(47)65)53-49-39(19-35(63)23-43(49)67-55(53)27-5-13-31(59)14-6-27)51(45)52-40-20-36(64)24-44-50(40)54(56(68-44)28-7-15-32(60)16-8-28)38-18-34(62)22-42(66)48(38)46(52)26-3-11-30(58)12-4-26/h1-24,45-46,51-66H/t45-,46-,51+,52+,53+,54+,55-,56-/m1/s1. The highest BCUT2D eigenvalue weighted by molar-refractivity contribution is 5.71. The number of fused-ring (bicyclic) bond motifs is 4. The summed E-state index contributed by atoms with van der Waals surface area (Å²) in [6, 6.07) is 38.4. The average Bonchev–Trinajstić information content (AvgIpc) is 3.81. The van der Waals surface area contributed by atoms with Crippen LogP contribution in [0.15, 0.2) is 146 Å². The summed E-state index contributed by atoms with van der Waals surface area (Å²) in [4.78, 5) is 0. The van der Waals surface area contributed by atoms with Crippen LogP contribution in [0.1, 0.15) is 114 Å². The van der Waals surface area contributed by atoms with Crippen LogP contribution in [0, 0.1) is 0 Å². The van der Waals surface area contributed by atoms with Crippen LogP contribution in [0.4, 0.5) is 0 Å². The molecular weight excluding hydrogens is 865 g/mol. The number of hydrogen-bond donors (Lipinski definition) is 10. The van der Waals surface area contributed by atoms with E-state index in [4.69, 9.17) is 9.47 Å². The summed E-state index contributed by atoms with van der Waals surface area (Å²) in [6.07, 6.45) is -1.62. The minimum absolute atomic E-state index is 0.0182. The fourth-order valence-electron chi connectivity index (χ4n) is 12.0. The Morgan fingerprint density at radius 3 is 0.897 bits per heavy atom. The van der Waals surface area contributed by atoms with E-state index in [9.17, 15) is 51.1 Å². The first-order chi connectivity index (χ1) is 32.8.